The predicted octanol–water partition coefficient (Wildman–Crippen LogP) is 3.23. The number of aromatic amines is 1. The second kappa shape index (κ2) is 5.23. The van der Waals surface area contributed by atoms with Crippen LogP contribution < -0.4 is 5.32 Å². The van der Waals surface area contributed by atoms with Crippen molar-refractivity contribution in [2.24, 2.45) is 0 Å². The maximum absolute atomic E-state index is 10.9. The van der Waals surface area contributed by atoms with E-state index in [0.29, 0.717) is 5.82 Å². The maximum Gasteiger partial charge on any atom is 0.313 e. The average molecular weight is 282 g/mol. The quantitative estimate of drug-likeness (QED) is 0.662. The van der Waals surface area contributed by atoms with Gasteiger partial charge >= 0.3 is 5.69 Å². The van der Waals surface area contributed by atoms with Gasteiger partial charge in [0.2, 0.25) is 5.82 Å². The molecule has 0 aliphatic heterocycles. The van der Waals surface area contributed by atoms with Gasteiger partial charge in [0.05, 0.1) is 9.95 Å². The van der Waals surface area contributed by atoms with Gasteiger partial charge in [-0.1, -0.05) is 25.4 Å². The third kappa shape index (κ3) is 3.00. The Morgan fingerprint density at radius 3 is 2.79 bits per heavy atom. The van der Waals surface area contributed by atoms with Gasteiger partial charge in [-0.15, -0.1) is 0 Å². The van der Waals surface area contributed by atoms with Crippen molar-refractivity contribution in [3.05, 3.63) is 39.2 Å². The molecule has 2 N–H and O–H groups in total. The van der Waals surface area contributed by atoms with E-state index in [2.05, 4.69) is 20.5 Å². The zero-order valence-corrected chi connectivity index (χ0v) is 11.1. The molecule has 2 aromatic heterocycles. The number of rotatable bonds is 4. The van der Waals surface area contributed by atoms with Crippen molar-refractivity contribution in [3.63, 3.8) is 0 Å². The van der Waals surface area contributed by atoms with E-state index in [1.165, 1.54) is 12.3 Å². The third-order valence-corrected chi connectivity index (χ3v) is 2.70. The number of pyridine rings is 1. The molecule has 2 aromatic rings. The van der Waals surface area contributed by atoms with E-state index in [0.717, 1.165) is 5.69 Å². The summed E-state index contributed by atoms with van der Waals surface area (Å²) in [5, 5.41) is 20.8. The molecule has 7 nitrogen and oxygen atoms in total. The van der Waals surface area contributed by atoms with Crippen LogP contribution in [0, 0.1) is 10.1 Å². The van der Waals surface area contributed by atoms with Crippen molar-refractivity contribution >= 4 is 28.9 Å². The van der Waals surface area contributed by atoms with Crippen LogP contribution in [0.3, 0.4) is 0 Å². The van der Waals surface area contributed by atoms with Crippen LogP contribution in [-0.4, -0.2) is 20.1 Å². The van der Waals surface area contributed by atoms with Crippen molar-refractivity contribution < 1.29 is 4.92 Å². The number of H-pyrrole nitrogens is 1. The number of nitro groups is 1. The molecule has 0 atom stereocenters. The molecule has 0 saturated carbocycles. The number of halogens is 1. The predicted molar refractivity (Wildman–Crippen MR) is 71.9 cm³/mol. The fourth-order valence-electron chi connectivity index (χ4n) is 1.48. The zero-order valence-electron chi connectivity index (χ0n) is 10.3. The molecule has 0 unspecified atom stereocenters. The summed E-state index contributed by atoms with van der Waals surface area (Å²) in [5.74, 6) is 0.869. The van der Waals surface area contributed by atoms with Gasteiger partial charge in [-0.3, -0.25) is 15.2 Å². The highest BCUT2D eigenvalue weighted by atomic mass is 35.5. The Morgan fingerprint density at radius 2 is 2.21 bits per heavy atom. The first-order valence-electron chi connectivity index (χ1n) is 5.59. The van der Waals surface area contributed by atoms with E-state index < -0.39 is 4.92 Å². The van der Waals surface area contributed by atoms with E-state index in [9.17, 15) is 10.1 Å². The summed E-state index contributed by atoms with van der Waals surface area (Å²) in [7, 11) is 0. The summed E-state index contributed by atoms with van der Waals surface area (Å²) in [5.41, 5.74) is 0.737. The van der Waals surface area contributed by atoms with Gasteiger partial charge in [0, 0.05) is 24.0 Å². The van der Waals surface area contributed by atoms with E-state index in [4.69, 9.17) is 11.6 Å². The second-order valence-electron chi connectivity index (χ2n) is 4.27. The highest BCUT2D eigenvalue weighted by molar-refractivity contribution is 6.30. The molecular weight excluding hydrogens is 270 g/mol. The Balaban J connectivity index is 2.29. The van der Waals surface area contributed by atoms with Gasteiger partial charge in [-0.2, -0.15) is 5.10 Å². The van der Waals surface area contributed by atoms with Crippen LogP contribution in [0.15, 0.2) is 18.3 Å². The molecule has 0 fully saturated rings. The highest BCUT2D eigenvalue weighted by Gasteiger charge is 2.17. The van der Waals surface area contributed by atoms with E-state index in [-0.39, 0.29) is 22.4 Å². The minimum atomic E-state index is -0.544. The topological polar surface area (TPSA) is 96.7 Å². The van der Waals surface area contributed by atoms with Gasteiger partial charge < -0.3 is 5.32 Å². The lowest BCUT2D eigenvalue weighted by molar-refractivity contribution is -0.384. The van der Waals surface area contributed by atoms with Crippen molar-refractivity contribution in [1.29, 1.82) is 0 Å². The summed E-state index contributed by atoms with van der Waals surface area (Å²) in [4.78, 5) is 14.3. The third-order valence-electron chi connectivity index (χ3n) is 2.50. The monoisotopic (exact) mass is 281 g/mol. The van der Waals surface area contributed by atoms with Crippen LogP contribution in [0.1, 0.15) is 25.5 Å². The fourth-order valence-corrected chi connectivity index (χ4v) is 1.63. The number of nitrogens with zero attached hydrogens (tertiary/aromatic N) is 3. The van der Waals surface area contributed by atoms with Crippen molar-refractivity contribution in [1.82, 2.24) is 15.2 Å². The Morgan fingerprint density at radius 1 is 1.47 bits per heavy atom. The lowest BCUT2D eigenvalue weighted by atomic mass is 10.1. The standard InChI is InChI=1S/C11H12ClN5O2/c1-6(2)8-4-10(16-15-8)14-11-9(17(18)19)3-7(12)5-13-11/h3-6H,1-2H3,(H2,13,14,15,16). The number of hydrogen-bond donors (Lipinski definition) is 2. The van der Waals surface area contributed by atoms with Gasteiger partial charge in [0.1, 0.15) is 0 Å². The Hall–Kier alpha value is -2.15. The minimum absolute atomic E-state index is 0.108. The van der Waals surface area contributed by atoms with Crippen LogP contribution in [0.4, 0.5) is 17.3 Å². The smallest absolute Gasteiger partial charge is 0.313 e. The van der Waals surface area contributed by atoms with E-state index in [1.807, 2.05) is 13.8 Å². The molecule has 100 valence electrons. The number of hydrogen-bond acceptors (Lipinski definition) is 5. The van der Waals surface area contributed by atoms with Crippen LogP contribution >= 0.6 is 11.6 Å². The van der Waals surface area contributed by atoms with Crippen molar-refractivity contribution in [2.75, 3.05) is 5.32 Å². The Bertz CT molecular complexity index is 611. The summed E-state index contributed by atoms with van der Waals surface area (Å²) < 4.78 is 0. The molecule has 2 heterocycles. The van der Waals surface area contributed by atoms with Gasteiger partial charge in [0.15, 0.2) is 5.82 Å². The molecule has 0 radical (unpaired) electrons. The average Bonchev–Trinajstić information content (AvgIpc) is 2.80. The second-order valence-corrected chi connectivity index (χ2v) is 4.70. The fraction of sp³-hybridized carbons (Fsp3) is 0.273. The summed E-state index contributed by atoms with van der Waals surface area (Å²) >= 11 is 5.69. The Labute approximate surface area is 114 Å². The largest absolute Gasteiger partial charge is 0.318 e. The van der Waals surface area contributed by atoms with Crippen LogP contribution in [0.5, 0.6) is 0 Å². The Kier molecular flexibility index (Phi) is 3.66. The molecule has 0 amide bonds. The highest BCUT2D eigenvalue weighted by Crippen LogP contribution is 2.27. The lowest BCUT2D eigenvalue weighted by Gasteiger charge is -2.02. The maximum atomic E-state index is 10.9. The molecule has 0 aromatic carbocycles. The van der Waals surface area contributed by atoms with Crippen LogP contribution in [0.25, 0.3) is 0 Å². The normalized spacial score (nSPS) is 10.7. The summed E-state index contributed by atoms with van der Waals surface area (Å²) in [6.45, 7) is 4.03. The lowest BCUT2D eigenvalue weighted by Crippen LogP contribution is -1.99. The van der Waals surface area contributed by atoms with Gasteiger partial charge in [-0.25, -0.2) is 4.98 Å². The molecule has 0 aliphatic rings. The molecule has 0 aliphatic carbocycles. The number of nitrogens with one attached hydrogen (secondary N) is 2. The molecule has 8 heteroatoms. The molecular formula is C11H12ClN5O2. The van der Waals surface area contributed by atoms with Crippen LogP contribution in [-0.2, 0) is 0 Å². The SMILES string of the molecule is CC(C)c1cc(Nc2ncc(Cl)cc2[N+](=O)[O-])n[nH]1. The first-order chi connectivity index (χ1) is 8.97. The molecule has 2 rings (SSSR count). The van der Waals surface area contributed by atoms with E-state index in [1.54, 1.807) is 6.07 Å². The first-order valence-corrected chi connectivity index (χ1v) is 5.97. The number of anilines is 2. The molecule has 0 saturated heterocycles. The minimum Gasteiger partial charge on any atom is -0.318 e. The molecule has 19 heavy (non-hydrogen) atoms. The van der Waals surface area contributed by atoms with Gasteiger partial charge in [0.25, 0.3) is 0 Å². The summed E-state index contributed by atoms with van der Waals surface area (Å²) in [6, 6.07) is 3.03. The van der Waals surface area contributed by atoms with E-state index >= 15 is 0 Å². The zero-order chi connectivity index (χ0) is 14.0. The molecule has 0 spiro atoms. The van der Waals surface area contributed by atoms with Gasteiger partial charge in [-0.05, 0) is 5.92 Å². The van der Waals surface area contributed by atoms with Crippen LogP contribution in [0.2, 0.25) is 5.02 Å². The van der Waals surface area contributed by atoms with Crippen molar-refractivity contribution in [2.45, 2.75) is 19.8 Å². The first kappa shape index (κ1) is 13.3. The van der Waals surface area contributed by atoms with Crippen molar-refractivity contribution in [3.8, 4) is 0 Å². The molecule has 0 bridgehead atoms. The number of aromatic nitrogens is 3. The summed E-state index contributed by atoms with van der Waals surface area (Å²) in [6.07, 6.45) is 1.34.